The highest BCUT2D eigenvalue weighted by Gasteiger charge is 2.52. The zero-order valence-electron chi connectivity index (χ0n) is 14.4. The second-order valence-electron chi connectivity index (χ2n) is 6.84. The Hall–Kier alpha value is -1.21. The molecule has 1 aromatic rings. The second-order valence-corrected chi connectivity index (χ2v) is 6.84. The monoisotopic (exact) mass is 321 g/mol. The molecule has 4 nitrogen and oxygen atoms in total. The van der Waals surface area contributed by atoms with Crippen LogP contribution in [-0.2, 0) is 15.9 Å². The molecule has 1 aliphatic heterocycles. The van der Waals surface area contributed by atoms with E-state index in [2.05, 4.69) is 5.32 Å². The Balaban J connectivity index is 2.36. The molecule has 23 heavy (non-hydrogen) atoms. The van der Waals surface area contributed by atoms with Gasteiger partial charge < -0.3 is 19.7 Å². The number of hydrogen-bond donors (Lipinski definition) is 2. The van der Waals surface area contributed by atoms with E-state index < -0.39 is 18.3 Å². The molecule has 1 fully saturated rings. The molecule has 0 aliphatic carbocycles. The third-order valence-corrected chi connectivity index (χ3v) is 4.55. The van der Waals surface area contributed by atoms with E-state index in [4.69, 9.17) is 9.31 Å². The molecule has 1 aliphatic rings. The maximum Gasteiger partial charge on any atom is 0.491 e. The summed E-state index contributed by atoms with van der Waals surface area (Å²) in [6.07, 6.45) is 1.89. The van der Waals surface area contributed by atoms with E-state index in [0.29, 0.717) is 12.1 Å². The molecule has 0 saturated carbocycles. The molecule has 0 aromatic heterocycles. The summed E-state index contributed by atoms with van der Waals surface area (Å²) in [7, 11) is 1.36. The van der Waals surface area contributed by atoms with Gasteiger partial charge in [0.05, 0.1) is 17.8 Å². The molecule has 2 N–H and O–H groups in total. The van der Waals surface area contributed by atoms with E-state index in [1.54, 1.807) is 6.07 Å². The van der Waals surface area contributed by atoms with Crippen molar-refractivity contribution in [1.82, 2.24) is 5.32 Å². The summed E-state index contributed by atoms with van der Waals surface area (Å²) >= 11 is 0. The molecule has 6 heteroatoms. The van der Waals surface area contributed by atoms with Gasteiger partial charge in [-0.15, -0.1) is 0 Å². The topological polar surface area (TPSA) is 50.7 Å². The van der Waals surface area contributed by atoms with E-state index in [1.165, 1.54) is 12.1 Å². The van der Waals surface area contributed by atoms with E-state index in [1.807, 2.05) is 40.8 Å². The van der Waals surface area contributed by atoms with Gasteiger partial charge in [-0.3, -0.25) is 0 Å². The van der Waals surface area contributed by atoms with Crippen molar-refractivity contribution < 1.29 is 18.8 Å². The number of halogens is 1. The Kier molecular flexibility index (Phi) is 5.31. The normalized spacial score (nSPS) is 20.1. The summed E-state index contributed by atoms with van der Waals surface area (Å²) in [5.74, 6) is -0.364. The van der Waals surface area contributed by atoms with Crippen LogP contribution in [0.3, 0.4) is 0 Å². The molecule has 0 atom stereocenters. The lowest BCUT2D eigenvalue weighted by molar-refractivity contribution is 0.00578. The van der Waals surface area contributed by atoms with Gasteiger partial charge >= 0.3 is 7.12 Å². The lowest BCUT2D eigenvalue weighted by atomic mass is 9.76. The zero-order chi connectivity index (χ0) is 17.3. The van der Waals surface area contributed by atoms with Crippen LogP contribution in [0.25, 0.3) is 6.08 Å². The molecule has 1 saturated heterocycles. The Morgan fingerprint density at radius 2 is 1.87 bits per heavy atom. The maximum atomic E-state index is 13.3. The van der Waals surface area contributed by atoms with Crippen LogP contribution in [0, 0.1) is 5.82 Å². The lowest BCUT2D eigenvalue weighted by Crippen LogP contribution is -2.41. The summed E-state index contributed by atoms with van der Waals surface area (Å²) in [4.78, 5) is 0. The molecule has 126 valence electrons. The van der Waals surface area contributed by atoms with Crippen LogP contribution in [0.4, 0.5) is 4.39 Å². The van der Waals surface area contributed by atoms with Gasteiger partial charge in [-0.1, -0.05) is 12.1 Å². The maximum absolute atomic E-state index is 13.3. The molecule has 0 bridgehead atoms. The van der Waals surface area contributed by atoms with Crippen molar-refractivity contribution in [1.29, 1.82) is 0 Å². The van der Waals surface area contributed by atoms with Gasteiger partial charge in [0.25, 0.3) is 0 Å². The van der Waals surface area contributed by atoms with Crippen molar-refractivity contribution in [3.05, 3.63) is 40.6 Å². The minimum Gasteiger partial charge on any atom is -0.400 e. The number of nitrogens with one attached hydrogen (secondary N) is 1. The number of hydrogen-bond acceptors (Lipinski definition) is 4. The summed E-state index contributed by atoms with van der Waals surface area (Å²) in [6.45, 7) is 8.35. The predicted octanol–water partition coefficient (Wildman–Crippen LogP) is 2.55. The average Bonchev–Trinajstić information content (AvgIpc) is 2.68. The van der Waals surface area contributed by atoms with Crippen LogP contribution in [0.1, 0.15) is 38.8 Å². The first kappa shape index (κ1) is 18.1. The molecule has 2 rings (SSSR count). The summed E-state index contributed by atoms with van der Waals surface area (Å²) in [5, 5.41) is 12.5. The van der Waals surface area contributed by atoms with Crippen LogP contribution in [0.15, 0.2) is 23.7 Å². The molecule has 1 aromatic carbocycles. The van der Waals surface area contributed by atoms with Crippen LogP contribution >= 0.6 is 0 Å². The van der Waals surface area contributed by atoms with E-state index in [-0.39, 0.29) is 12.4 Å². The molecular formula is C17H25BFNO3. The fourth-order valence-electron chi connectivity index (χ4n) is 2.45. The largest absolute Gasteiger partial charge is 0.491 e. The Labute approximate surface area is 137 Å². The molecule has 0 spiro atoms. The minimum atomic E-state index is -0.482. The summed E-state index contributed by atoms with van der Waals surface area (Å²) in [6, 6.07) is 4.38. The van der Waals surface area contributed by atoms with Gasteiger partial charge in [0.2, 0.25) is 0 Å². The standard InChI is InChI=1S/C17H25BFNO3/c1-16(2)17(3,4)23-18(22-16)14(10-20-5)8-12-6-7-15(19)9-13(12)11-21/h6-9,20-21H,10-11H2,1-5H3. The van der Waals surface area contributed by atoms with Gasteiger partial charge in [-0.05, 0) is 63.5 Å². The Bertz CT molecular complexity index is 586. The van der Waals surface area contributed by atoms with Gasteiger partial charge in [0.1, 0.15) is 5.82 Å². The van der Waals surface area contributed by atoms with Crippen molar-refractivity contribution in [2.75, 3.05) is 13.6 Å². The fourth-order valence-corrected chi connectivity index (χ4v) is 2.45. The number of aliphatic hydroxyl groups excluding tert-OH is 1. The summed E-state index contributed by atoms with van der Waals surface area (Å²) in [5.41, 5.74) is 1.34. The van der Waals surface area contributed by atoms with E-state index in [9.17, 15) is 9.50 Å². The van der Waals surface area contributed by atoms with Crippen molar-refractivity contribution >= 4 is 13.2 Å². The van der Waals surface area contributed by atoms with Gasteiger partial charge in [-0.2, -0.15) is 0 Å². The van der Waals surface area contributed by atoms with Gasteiger partial charge in [-0.25, -0.2) is 4.39 Å². The van der Waals surface area contributed by atoms with Crippen molar-refractivity contribution in [2.24, 2.45) is 0 Å². The first-order valence-corrected chi connectivity index (χ1v) is 7.80. The number of benzene rings is 1. The number of aliphatic hydroxyl groups is 1. The summed E-state index contributed by atoms with van der Waals surface area (Å²) < 4.78 is 25.5. The molecule has 1 heterocycles. The predicted molar refractivity (Wildman–Crippen MR) is 90.3 cm³/mol. The minimum absolute atomic E-state index is 0.222. The van der Waals surface area contributed by atoms with Crippen molar-refractivity contribution in [3.8, 4) is 0 Å². The molecule has 0 amide bonds. The molecular weight excluding hydrogens is 296 g/mol. The smallest absolute Gasteiger partial charge is 0.400 e. The van der Waals surface area contributed by atoms with Crippen molar-refractivity contribution in [3.63, 3.8) is 0 Å². The lowest BCUT2D eigenvalue weighted by Gasteiger charge is -2.32. The highest BCUT2D eigenvalue weighted by Crippen LogP contribution is 2.38. The SMILES string of the molecule is CNCC(=Cc1ccc(F)cc1CO)B1OC(C)(C)C(C)(C)O1. The van der Waals surface area contributed by atoms with Gasteiger partial charge in [0, 0.05) is 6.54 Å². The molecule has 0 radical (unpaired) electrons. The zero-order valence-corrected chi connectivity index (χ0v) is 14.4. The second kappa shape index (κ2) is 6.73. The third kappa shape index (κ3) is 3.83. The highest BCUT2D eigenvalue weighted by molar-refractivity contribution is 6.55. The van der Waals surface area contributed by atoms with Crippen molar-refractivity contribution in [2.45, 2.75) is 45.5 Å². The quantitative estimate of drug-likeness (QED) is 0.819. The first-order chi connectivity index (χ1) is 10.7. The van der Waals surface area contributed by atoms with Crippen LogP contribution in [-0.4, -0.2) is 37.0 Å². The number of rotatable bonds is 5. The Morgan fingerprint density at radius 1 is 1.26 bits per heavy atom. The third-order valence-electron chi connectivity index (χ3n) is 4.55. The van der Waals surface area contributed by atoms with Crippen LogP contribution in [0.2, 0.25) is 0 Å². The highest BCUT2D eigenvalue weighted by atomic mass is 19.1. The van der Waals surface area contributed by atoms with E-state index in [0.717, 1.165) is 11.0 Å². The van der Waals surface area contributed by atoms with E-state index >= 15 is 0 Å². The average molecular weight is 321 g/mol. The van der Waals surface area contributed by atoms with Gasteiger partial charge in [0.15, 0.2) is 0 Å². The number of likely N-dealkylation sites (N-methyl/N-ethyl adjacent to an activating group) is 1. The van der Waals surface area contributed by atoms with Crippen LogP contribution in [0.5, 0.6) is 0 Å². The fraction of sp³-hybridized carbons (Fsp3) is 0.529. The van der Waals surface area contributed by atoms with Crippen LogP contribution < -0.4 is 5.32 Å². The molecule has 0 unspecified atom stereocenters. The Morgan fingerprint density at radius 3 is 2.39 bits per heavy atom. The first-order valence-electron chi connectivity index (χ1n) is 7.80.